The van der Waals surface area contributed by atoms with Gasteiger partial charge in [0, 0.05) is 28.5 Å². The standard InChI is InChI=1S/C37H23N3/c1-2-8-24(9-3-1)33-23-34(40-37(39-33)29-13-7-12-28(22-29)32-14-4-5-21-38-32)30-19-17-27-16-15-25-10-6-11-26-18-20-31(30)36(27)35(25)26/h1-23H. The predicted octanol–water partition coefficient (Wildman–Crippen LogP) is 9.44. The minimum Gasteiger partial charge on any atom is -0.256 e. The highest BCUT2D eigenvalue weighted by Gasteiger charge is 2.16. The molecular weight excluding hydrogens is 486 g/mol. The molecule has 2 aromatic heterocycles. The third kappa shape index (κ3) is 3.71. The lowest BCUT2D eigenvalue weighted by atomic mass is 9.91. The highest BCUT2D eigenvalue weighted by atomic mass is 14.9. The number of nitrogens with zero attached hydrogens (tertiary/aromatic N) is 3. The minimum atomic E-state index is 0.694. The van der Waals surface area contributed by atoms with Gasteiger partial charge in [-0.05, 0) is 56.6 Å². The van der Waals surface area contributed by atoms with Gasteiger partial charge in [0.25, 0.3) is 0 Å². The third-order valence-corrected chi connectivity index (χ3v) is 7.68. The summed E-state index contributed by atoms with van der Waals surface area (Å²) in [5, 5.41) is 7.54. The summed E-state index contributed by atoms with van der Waals surface area (Å²) < 4.78 is 0. The van der Waals surface area contributed by atoms with Crippen LogP contribution in [0.25, 0.3) is 77.5 Å². The number of hydrogen-bond acceptors (Lipinski definition) is 3. The lowest BCUT2D eigenvalue weighted by molar-refractivity contribution is 1.18. The van der Waals surface area contributed by atoms with E-state index in [0.717, 1.165) is 39.3 Å². The van der Waals surface area contributed by atoms with Crippen molar-refractivity contribution >= 4 is 32.3 Å². The molecule has 0 aliphatic carbocycles. The van der Waals surface area contributed by atoms with E-state index in [1.807, 2.05) is 36.5 Å². The molecule has 0 amide bonds. The van der Waals surface area contributed by atoms with E-state index < -0.39 is 0 Å². The quantitative estimate of drug-likeness (QED) is 0.222. The molecule has 0 N–H and O–H groups in total. The average molecular weight is 510 g/mol. The van der Waals surface area contributed by atoms with Crippen molar-refractivity contribution in [3.63, 3.8) is 0 Å². The lowest BCUT2D eigenvalue weighted by Crippen LogP contribution is -1.97. The van der Waals surface area contributed by atoms with Crippen molar-refractivity contribution in [2.75, 3.05) is 0 Å². The van der Waals surface area contributed by atoms with E-state index >= 15 is 0 Å². The van der Waals surface area contributed by atoms with Crippen molar-refractivity contribution in [3.8, 4) is 45.2 Å². The molecule has 0 aliphatic rings. The normalized spacial score (nSPS) is 11.5. The van der Waals surface area contributed by atoms with Crippen LogP contribution in [0.15, 0.2) is 140 Å². The van der Waals surface area contributed by atoms with Gasteiger partial charge in [0.2, 0.25) is 0 Å². The van der Waals surface area contributed by atoms with Crippen molar-refractivity contribution in [1.82, 2.24) is 15.0 Å². The van der Waals surface area contributed by atoms with Gasteiger partial charge in [0.05, 0.1) is 17.1 Å². The molecule has 0 spiro atoms. The summed E-state index contributed by atoms with van der Waals surface area (Å²) in [6.45, 7) is 0. The van der Waals surface area contributed by atoms with Gasteiger partial charge >= 0.3 is 0 Å². The lowest BCUT2D eigenvalue weighted by Gasteiger charge is -2.15. The molecule has 0 unspecified atom stereocenters. The molecule has 0 bridgehead atoms. The Morgan fingerprint density at radius 2 is 1.07 bits per heavy atom. The Bertz CT molecular complexity index is 2140. The molecule has 6 aromatic carbocycles. The summed E-state index contributed by atoms with van der Waals surface area (Å²) in [5.74, 6) is 0.694. The second kappa shape index (κ2) is 9.11. The molecule has 3 heteroatoms. The fraction of sp³-hybridized carbons (Fsp3) is 0. The van der Waals surface area contributed by atoms with E-state index in [1.54, 1.807) is 0 Å². The molecule has 0 saturated carbocycles. The minimum absolute atomic E-state index is 0.694. The van der Waals surface area contributed by atoms with Crippen molar-refractivity contribution in [1.29, 1.82) is 0 Å². The summed E-state index contributed by atoms with van der Waals surface area (Å²) in [5.41, 5.74) is 6.89. The van der Waals surface area contributed by atoms with Gasteiger partial charge in [0.1, 0.15) is 0 Å². The largest absolute Gasteiger partial charge is 0.256 e. The zero-order valence-electron chi connectivity index (χ0n) is 21.6. The zero-order valence-corrected chi connectivity index (χ0v) is 21.6. The number of hydrogen-bond donors (Lipinski definition) is 0. The van der Waals surface area contributed by atoms with Gasteiger partial charge in [-0.25, -0.2) is 9.97 Å². The monoisotopic (exact) mass is 509 g/mol. The summed E-state index contributed by atoms with van der Waals surface area (Å²) in [6.07, 6.45) is 1.82. The summed E-state index contributed by atoms with van der Waals surface area (Å²) >= 11 is 0. The first-order valence-corrected chi connectivity index (χ1v) is 13.5. The fourth-order valence-electron chi connectivity index (χ4n) is 5.78. The molecule has 0 saturated heterocycles. The van der Waals surface area contributed by atoms with Crippen LogP contribution in [-0.2, 0) is 0 Å². The number of aromatic nitrogens is 3. The topological polar surface area (TPSA) is 38.7 Å². The number of rotatable bonds is 4. The summed E-state index contributed by atoms with van der Waals surface area (Å²) in [6, 6.07) is 46.6. The van der Waals surface area contributed by atoms with Crippen molar-refractivity contribution in [2.24, 2.45) is 0 Å². The van der Waals surface area contributed by atoms with E-state index in [-0.39, 0.29) is 0 Å². The Kier molecular flexibility index (Phi) is 5.14. The van der Waals surface area contributed by atoms with Gasteiger partial charge in [0.15, 0.2) is 5.82 Å². The van der Waals surface area contributed by atoms with Gasteiger partial charge < -0.3 is 0 Å². The third-order valence-electron chi connectivity index (χ3n) is 7.68. The van der Waals surface area contributed by atoms with E-state index in [4.69, 9.17) is 9.97 Å². The van der Waals surface area contributed by atoms with Crippen LogP contribution in [0.4, 0.5) is 0 Å². The first-order valence-electron chi connectivity index (χ1n) is 13.5. The fourth-order valence-corrected chi connectivity index (χ4v) is 5.78. The molecule has 40 heavy (non-hydrogen) atoms. The summed E-state index contributed by atoms with van der Waals surface area (Å²) in [7, 11) is 0. The molecule has 0 fully saturated rings. The van der Waals surface area contributed by atoms with Gasteiger partial charge in [-0.15, -0.1) is 0 Å². The van der Waals surface area contributed by atoms with Crippen LogP contribution in [0.1, 0.15) is 0 Å². The Labute approximate surface area is 231 Å². The predicted molar refractivity (Wildman–Crippen MR) is 165 cm³/mol. The van der Waals surface area contributed by atoms with Crippen LogP contribution >= 0.6 is 0 Å². The number of benzene rings is 6. The van der Waals surface area contributed by atoms with Crippen LogP contribution in [0.3, 0.4) is 0 Å². The molecule has 8 aromatic rings. The van der Waals surface area contributed by atoms with Gasteiger partial charge in [-0.2, -0.15) is 0 Å². The zero-order chi connectivity index (χ0) is 26.5. The second-order valence-electron chi connectivity index (χ2n) is 10.1. The Balaban J connectivity index is 1.38. The van der Waals surface area contributed by atoms with E-state index in [0.29, 0.717) is 5.82 Å². The molecule has 3 nitrogen and oxygen atoms in total. The Morgan fingerprint density at radius 1 is 0.400 bits per heavy atom. The Hall–Kier alpha value is -5.41. The van der Waals surface area contributed by atoms with Crippen LogP contribution in [0, 0.1) is 0 Å². The van der Waals surface area contributed by atoms with Crippen molar-refractivity contribution < 1.29 is 0 Å². The highest BCUT2D eigenvalue weighted by Crippen LogP contribution is 2.39. The van der Waals surface area contributed by atoms with Crippen LogP contribution in [0.2, 0.25) is 0 Å². The maximum atomic E-state index is 5.18. The van der Waals surface area contributed by atoms with E-state index in [9.17, 15) is 0 Å². The van der Waals surface area contributed by atoms with Crippen molar-refractivity contribution in [3.05, 3.63) is 140 Å². The first kappa shape index (κ1) is 22.6. The van der Waals surface area contributed by atoms with Gasteiger partial charge in [-0.1, -0.05) is 109 Å². The molecule has 0 atom stereocenters. The average Bonchev–Trinajstić information content (AvgIpc) is 3.04. The smallest absolute Gasteiger partial charge is 0.160 e. The maximum absolute atomic E-state index is 5.18. The SMILES string of the molecule is c1ccc(-c2cc(-c3ccc4ccc5cccc6ccc3c4c56)nc(-c3cccc(-c4ccccn4)c3)n2)cc1. The van der Waals surface area contributed by atoms with Gasteiger partial charge in [-0.3, -0.25) is 4.98 Å². The highest BCUT2D eigenvalue weighted by molar-refractivity contribution is 6.25. The Morgan fingerprint density at radius 3 is 1.90 bits per heavy atom. The van der Waals surface area contributed by atoms with Crippen molar-refractivity contribution in [2.45, 2.75) is 0 Å². The second-order valence-corrected chi connectivity index (χ2v) is 10.1. The molecule has 0 aliphatic heterocycles. The molecular formula is C37H23N3. The van der Waals surface area contributed by atoms with E-state index in [2.05, 4.69) is 108 Å². The van der Waals surface area contributed by atoms with Crippen LogP contribution in [0.5, 0.6) is 0 Å². The molecule has 8 rings (SSSR count). The first-order chi connectivity index (χ1) is 19.8. The number of pyridine rings is 1. The molecule has 0 radical (unpaired) electrons. The summed E-state index contributed by atoms with van der Waals surface area (Å²) in [4.78, 5) is 14.8. The molecule has 186 valence electrons. The van der Waals surface area contributed by atoms with Crippen LogP contribution < -0.4 is 0 Å². The molecule has 2 heterocycles. The maximum Gasteiger partial charge on any atom is 0.160 e. The van der Waals surface area contributed by atoms with Crippen LogP contribution in [-0.4, -0.2) is 15.0 Å². The van der Waals surface area contributed by atoms with E-state index in [1.165, 1.54) is 32.3 Å².